The third kappa shape index (κ3) is 3.40. The highest BCUT2D eigenvalue weighted by Crippen LogP contribution is 2.41. The lowest BCUT2D eigenvalue weighted by atomic mass is 10.1. The van der Waals surface area contributed by atoms with Gasteiger partial charge in [0.2, 0.25) is 5.75 Å². The summed E-state index contributed by atoms with van der Waals surface area (Å²) in [4.78, 5) is 0. The fraction of sp³-hybridized carbons (Fsp3) is 0.263. The number of ether oxygens (including phenoxy) is 5. The van der Waals surface area contributed by atoms with Gasteiger partial charge in [-0.1, -0.05) is 24.3 Å². The Morgan fingerprint density at radius 1 is 0.542 bits per heavy atom. The lowest BCUT2D eigenvalue weighted by Gasteiger charge is -2.14. The molecule has 5 nitrogen and oxygen atoms in total. The average Bonchev–Trinajstić information content (AvgIpc) is 2.64. The lowest BCUT2D eigenvalue weighted by Crippen LogP contribution is -1.96. The summed E-state index contributed by atoms with van der Waals surface area (Å²) in [5.41, 5.74) is 1.76. The van der Waals surface area contributed by atoms with Crippen LogP contribution in [0, 0.1) is 0 Å². The summed E-state index contributed by atoms with van der Waals surface area (Å²) < 4.78 is 27.0. The molecule has 0 bridgehead atoms. The second kappa shape index (κ2) is 8.15. The Labute approximate surface area is 142 Å². The molecule has 128 valence electrons. The first-order chi connectivity index (χ1) is 11.7. The fourth-order valence-corrected chi connectivity index (χ4v) is 2.48. The molecule has 0 aliphatic carbocycles. The van der Waals surface area contributed by atoms with Crippen molar-refractivity contribution in [3.05, 3.63) is 41.5 Å². The molecule has 2 aromatic rings. The molecule has 0 fully saturated rings. The molecule has 0 aromatic heterocycles. The molecule has 0 unspecified atom stereocenters. The summed E-state index contributed by atoms with van der Waals surface area (Å²) >= 11 is 0. The monoisotopic (exact) mass is 330 g/mol. The second-order valence-corrected chi connectivity index (χ2v) is 4.84. The standard InChI is InChI=1S/C19H22O5/c1-20-15-8-6-7-13(17(15)22-3)9-10-14-11-12-16(21-2)19(24-5)18(14)23-4/h6-12H,1-5H3/b10-9+. The first kappa shape index (κ1) is 17.5. The molecule has 2 rings (SSSR count). The van der Waals surface area contributed by atoms with Crippen LogP contribution in [0.5, 0.6) is 28.7 Å². The van der Waals surface area contributed by atoms with Crippen LogP contribution in [-0.2, 0) is 0 Å². The molecule has 0 amide bonds. The van der Waals surface area contributed by atoms with E-state index in [-0.39, 0.29) is 0 Å². The molecule has 0 saturated carbocycles. The second-order valence-electron chi connectivity index (χ2n) is 4.84. The third-order valence-corrected chi connectivity index (χ3v) is 3.61. The van der Waals surface area contributed by atoms with Crippen molar-refractivity contribution in [3.63, 3.8) is 0 Å². The maximum absolute atomic E-state index is 5.49. The van der Waals surface area contributed by atoms with Crippen LogP contribution in [0.4, 0.5) is 0 Å². The van der Waals surface area contributed by atoms with Gasteiger partial charge in [0.25, 0.3) is 0 Å². The van der Waals surface area contributed by atoms with Gasteiger partial charge in [0.1, 0.15) is 0 Å². The summed E-state index contributed by atoms with van der Waals surface area (Å²) in [6, 6.07) is 9.46. The maximum Gasteiger partial charge on any atom is 0.203 e. The fourth-order valence-electron chi connectivity index (χ4n) is 2.48. The number of para-hydroxylation sites is 1. The van der Waals surface area contributed by atoms with Crippen LogP contribution in [0.25, 0.3) is 12.2 Å². The van der Waals surface area contributed by atoms with Crippen molar-refractivity contribution in [2.45, 2.75) is 0 Å². The topological polar surface area (TPSA) is 46.2 Å². The van der Waals surface area contributed by atoms with Crippen molar-refractivity contribution < 1.29 is 23.7 Å². The van der Waals surface area contributed by atoms with E-state index in [2.05, 4.69) is 0 Å². The van der Waals surface area contributed by atoms with E-state index in [9.17, 15) is 0 Å². The number of methoxy groups -OCH3 is 5. The molecule has 5 heteroatoms. The summed E-state index contributed by atoms with van der Waals surface area (Å²) in [6.07, 6.45) is 3.86. The van der Waals surface area contributed by atoms with Gasteiger partial charge in [0.05, 0.1) is 35.5 Å². The van der Waals surface area contributed by atoms with Crippen molar-refractivity contribution in [3.8, 4) is 28.7 Å². The first-order valence-electron chi connectivity index (χ1n) is 7.38. The highest BCUT2D eigenvalue weighted by Gasteiger charge is 2.14. The number of benzene rings is 2. The molecule has 0 radical (unpaired) electrons. The van der Waals surface area contributed by atoms with Crippen LogP contribution < -0.4 is 23.7 Å². The van der Waals surface area contributed by atoms with E-state index in [0.29, 0.717) is 28.7 Å². The molecule has 24 heavy (non-hydrogen) atoms. The van der Waals surface area contributed by atoms with Crippen molar-refractivity contribution in [1.82, 2.24) is 0 Å². The van der Waals surface area contributed by atoms with E-state index in [4.69, 9.17) is 23.7 Å². The quantitative estimate of drug-likeness (QED) is 0.721. The van der Waals surface area contributed by atoms with E-state index in [1.54, 1.807) is 35.5 Å². The van der Waals surface area contributed by atoms with Crippen LogP contribution in [-0.4, -0.2) is 35.5 Å². The van der Waals surface area contributed by atoms with Crippen molar-refractivity contribution in [2.24, 2.45) is 0 Å². The highest BCUT2D eigenvalue weighted by molar-refractivity contribution is 5.78. The molecule has 0 N–H and O–H groups in total. The Kier molecular flexibility index (Phi) is 5.95. The molecule has 0 atom stereocenters. The van der Waals surface area contributed by atoms with Gasteiger partial charge in [0.15, 0.2) is 23.0 Å². The van der Waals surface area contributed by atoms with Gasteiger partial charge in [-0.2, -0.15) is 0 Å². The largest absolute Gasteiger partial charge is 0.493 e. The van der Waals surface area contributed by atoms with Crippen LogP contribution in [0.3, 0.4) is 0 Å². The zero-order valence-electron chi connectivity index (χ0n) is 14.6. The van der Waals surface area contributed by atoms with Gasteiger partial charge in [-0.25, -0.2) is 0 Å². The highest BCUT2D eigenvalue weighted by atomic mass is 16.5. The summed E-state index contributed by atoms with van der Waals surface area (Å²) in [7, 11) is 8.00. The van der Waals surface area contributed by atoms with Gasteiger partial charge < -0.3 is 23.7 Å². The number of rotatable bonds is 7. The summed E-state index contributed by atoms with van der Waals surface area (Å²) in [5, 5.41) is 0. The third-order valence-electron chi connectivity index (χ3n) is 3.61. The Balaban J connectivity index is 2.47. The van der Waals surface area contributed by atoms with Gasteiger partial charge in [-0.3, -0.25) is 0 Å². The Morgan fingerprint density at radius 3 is 1.62 bits per heavy atom. The average molecular weight is 330 g/mol. The molecule has 0 spiro atoms. The smallest absolute Gasteiger partial charge is 0.203 e. The Bertz CT molecular complexity index is 722. The minimum absolute atomic E-state index is 0.555. The molecule has 0 aliphatic heterocycles. The number of hydrogen-bond acceptors (Lipinski definition) is 5. The van der Waals surface area contributed by atoms with Gasteiger partial charge >= 0.3 is 0 Å². The molecule has 2 aromatic carbocycles. The van der Waals surface area contributed by atoms with E-state index in [1.165, 1.54) is 0 Å². The minimum atomic E-state index is 0.555. The number of hydrogen-bond donors (Lipinski definition) is 0. The van der Waals surface area contributed by atoms with Crippen LogP contribution in [0.1, 0.15) is 11.1 Å². The van der Waals surface area contributed by atoms with Gasteiger partial charge in [-0.05, 0) is 18.2 Å². The first-order valence-corrected chi connectivity index (χ1v) is 7.38. The van der Waals surface area contributed by atoms with E-state index < -0.39 is 0 Å². The lowest BCUT2D eigenvalue weighted by molar-refractivity contribution is 0.324. The molecular weight excluding hydrogens is 308 g/mol. The zero-order chi connectivity index (χ0) is 17.5. The van der Waals surface area contributed by atoms with Crippen molar-refractivity contribution >= 4 is 12.2 Å². The molecular formula is C19H22O5. The van der Waals surface area contributed by atoms with Crippen LogP contribution >= 0.6 is 0 Å². The summed E-state index contributed by atoms with van der Waals surface area (Å²) in [5.74, 6) is 3.13. The van der Waals surface area contributed by atoms with E-state index >= 15 is 0 Å². The SMILES string of the molecule is COc1cccc(/C=C/c2ccc(OC)c(OC)c2OC)c1OC. The molecule has 0 heterocycles. The zero-order valence-corrected chi connectivity index (χ0v) is 14.6. The van der Waals surface area contributed by atoms with Crippen molar-refractivity contribution in [1.29, 1.82) is 0 Å². The molecule has 0 saturated heterocycles. The Hall–Kier alpha value is -2.82. The van der Waals surface area contributed by atoms with Gasteiger partial charge in [0, 0.05) is 11.1 Å². The van der Waals surface area contributed by atoms with E-state index in [1.807, 2.05) is 42.5 Å². The van der Waals surface area contributed by atoms with E-state index in [0.717, 1.165) is 11.1 Å². The van der Waals surface area contributed by atoms with Gasteiger partial charge in [-0.15, -0.1) is 0 Å². The predicted octanol–water partition coefficient (Wildman–Crippen LogP) is 3.90. The molecule has 0 aliphatic rings. The Morgan fingerprint density at radius 2 is 1.08 bits per heavy atom. The minimum Gasteiger partial charge on any atom is -0.493 e. The van der Waals surface area contributed by atoms with Crippen LogP contribution in [0.15, 0.2) is 30.3 Å². The summed E-state index contributed by atoms with van der Waals surface area (Å²) in [6.45, 7) is 0. The normalized spacial score (nSPS) is 10.5. The van der Waals surface area contributed by atoms with Crippen LogP contribution in [0.2, 0.25) is 0 Å². The predicted molar refractivity (Wildman–Crippen MR) is 94.6 cm³/mol. The maximum atomic E-state index is 5.49. The van der Waals surface area contributed by atoms with Crippen molar-refractivity contribution in [2.75, 3.05) is 35.5 Å².